The lowest BCUT2D eigenvalue weighted by Gasteiger charge is -2.38. The van der Waals surface area contributed by atoms with Gasteiger partial charge in [0.2, 0.25) is 0 Å². The maximum Gasteiger partial charge on any atom is 0.416 e. The number of hydrogen-bond donors (Lipinski definition) is 1. The van der Waals surface area contributed by atoms with E-state index in [1.165, 1.54) is 17.4 Å². The number of likely N-dealkylation sites (tertiary alicyclic amines) is 1. The van der Waals surface area contributed by atoms with Crippen LogP contribution in [0.2, 0.25) is 0 Å². The number of nitrogens with one attached hydrogen (secondary N) is 1. The summed E-state index contributed by atoms with van der Waals surface area (Å²) in [6.45, 7) is 3.47. The van der Waals surface area contributed by atoms with Crippen LogP contribution in [0.5, 0.6) is 0 Å². The predicted octanol–water partition coefficient (Wildman–Crippen LogP) is 4.89. The number of thiazole rings is 1. The number of benzene rings is 1. The molecule has 160 valence electrons. The summed E-state index contributed by atoms with van der Waals surface area (Å²) >= 11 is 1.20. The Labute approximate surface area is 183 Å². The second kappa shape index (κ2) is 9.20. The van der Waals surface area contributed by atoms with Crippen LogP contribution >= 0.6 is 36.2 Å². The van der Waals surface area contributed by atoms with Crippen molar-refractivity contribution in [3.63, 3.8) is 0 Å². The first-order valence-electron chi connectivity index (χ1n) is 9.00. The fraction of sp³-hybridized carbons (Fsp3) is 0.474. The first kappa shape index (κ1) is 23.9. The van der Waals surface area contributed by atoms with Crippen molar-refractivity contribution < 1.29 is 18.0 Å². The van der Waals surface area contributed by atoms with Crippen LogP contribution in [0, 0.1) is 5.41 Å². The van der Waals surface area contributed by atoms with E-state index in [2.05, 4.69) is 10.3 Å². The van der Waals surface area contributed by atoms with Gasteiger partial charge in [-0.15, -0.1) is 36.2 Å². The zero-order valence-electron chi connectivity index (χ0n) is 15.5. The molecule has 1 N–H and O–H groups in total. The second-order valence-electron chi connectivity index (χ2n) is 7.34. The SMILES string of the molecule is Cl.Cl.O=C(c1csc(-c2cccc(C(F)(F)F)c2)n1)N1CCC2(CCNC2)CC1. The Morgan fingerprint density at radius 1 is 1.17 bits per heavy atom. The molecule has 4 nitrogen and oxygen atoms in total. The van der Waals surface area contributed by atoms with Crippen molar-refractivity contribution in [2.45, 2.75) is 25.4 Å². The second-order valence-corrected chi connectivity index (χ2v) is 8.19. The molecule has 2 aliphatic heterocycles. The minimum Gasteiger partial charge on any atom is -0.337 e. The van der Waals surface area contributed by atoms with E-state index in [0.29, 0.717) is 34.8 Å². The highest BCUT2D eigenvalue weighted by Crippen LogP contribution is 2.37. The molecule has 2 aliphatic rings. The number of carbonyl (C=O) groups is 1. The quantitative estimate of drug-likeness (QED) is 0.683. The zero-order valence-corrected chi connectivity index (χ0v) is 17.9. The van der Waals surface area contributed by atoms with Gasteiger partial charge in [-0.1, -0.05) is 12.1 Å². The first-order chi connectivity index (χ1) is 12.9. The molecule has 0 atom stereocenters. The Morgan fingerprint density at radius 3 is 2.52 bits per heavy atom. The lowest BCUT2D eigenvalue weighted by Crippen LogP contribution is -2.44. The lowest BCUT2D eigenvalue weighted by molar-refractivity contribution is -0.137. The van der Waals surface area contributed by atoms with Crippen LogP contribution in [0.4, 0.5) is 13.2 Å². The van der Waals surface area contributed by atoms with Gasteiger partial charge < -0.3 is 10.2 Å². The normalized spacial score (nSPS) is 18.2. The Hall–Kier alpha value is -1.35. The molecule has 1 aromatic carbocycles. The monoisotopic (exact) mass is 467 g/mol. The molecule has 3 heterocycles. The molecular weight excluding hydrogens is 446 g/mol. The molecule has 2 fully saturated rings. The molecule has 4 rings (SSSR count). The summed E-state index contributed by atoms with van der Waals surface area (Å²) < 4.78 is 38.7. The number of hydrogen-bond acceptors (Lipinski definition) is 4. The highest BCUT2D eigenvalue weighted by Gasteiger charge is 2.38. The molecule has 0 bridgehead atoms. The molecule has 1 spiro atoms. The van der Waals surface area contributed by atoms with Gasteiger partial charge in [0, 0.05) is 30.6 Å². The van der Waals surface area contributed by atoms with Crippen LogP contribution in [-0.2, 0) is 6.18 Å². The van der Waals surface area contributed by atoms with Crippen molar-refractivity contribution in [3.05, 3.63) is 40.9 Å². The summed E-state index contributed by atoms with van der Waals surface area (Å²) in [7, 11) is 0. The van der Waals surface area contributed by atoms with Gasteiger partial charge in [0.05, 0.1) is 5.56 Å². The molecule has 0 aliphatic carbocycles. The Kier molecular flexibility index (Phi) is 7.59. The number of halogens is 5. The summed E-state index contributed by atoms with van der Waals surface area (Å²) in [6.07, 6.45) is -1.27. The average Bonchev–Trinajstić information content (AvgIpc) is 3.31. The van der Waals surface area contributed by atoms with Gasteiger partial charge >= 0.3 is 6.18 Å². The highest BCUT2D eigenvalue weighted by molar-refractivity contribution is 7.13. The van der Waals surface area contributed by atoms with E-state index in [1.54, 1.807) is 11.4 Å². The minimum atomic E-state index is -4.40. The number of rotatable bonds is 2. The number of nitrogens with zero attached hydrogens (tertiary/aromatic N) is 2. The maximum atomic E-state index is 12.9. The molecule has 0 unspecified atom stereocenters. The van der Waals surface area contributed by atoms with Crippen molar-refractivity contribution in [1.82, 2.24) is 15.2 Å². The number of piperidine rings is 1. The van der Waals surface area contributed by atoms with Crippen LogP contribution in [0.15, 0.2) is 29.6 Å². The fourth-order valence-electron chi connectivity index (χ4n) is 3.90. The van der Waals surface area contributed by atoms with E-state index in [4.69, 9.17) is 0 Å². The molecule has 0 radical (unpaired) electrons. The number of aromatic nitrogens is 1. The molecule has 0 saturated carbocycles. The highest BCUT2D eigenvalue weighted by atomic mass is 35.5. The minimum absolute atomic E-state index is 0. The third-order valence-electron chi connectivity index (χ3n) is 5.60. The molecule has 1 aromatic heterocycles. The van der Waals surface area contributed by atoms with Crippen LogP contribution in [0.1, 0.15) is 35.3 Å². The summed E-state index contributed by atoms with van der Waals surface area (Å²) in [5.41, 5.74) is 0.299. The Bertz CT molecular complexity index is 843. The third-order valence-corrected chi connectivity index (χ3v) is 6.49. The van der Waals surface area contributed by atoms with Gasteiger partial charge in [0.25, 0.3) is 5.91 Å². The van der Waals surface area contributed by atoms with Crippen molar-refractivity contribution in [3.8, 4) is 10.6 Å². The number of alkyl halides is 3. The molecule has 2 aromatic rings. The van der Waals surface area contributed by atoms with E-state index >= 15 is 0 Å². The summed E-state index contributed by atoms with van der Waals surface area (Å²) in [4.78, 5) is 18.9. The topological polar surface area (TPSA) is 45.2 Å². The maximum absolute atomic E-state index is 12.9. The van der Waals surface area contributed by atoms with E-state index in [1.807, 2.05) is 4.90 Å². The van der Waals surface area contributed by atoms with Gasteiger partial charge in [-0.3, -0.25) is 4.79 Å². The van der Waals surface area contributed by atoms with E-state index < -0.39 is 11.7 Å². The molecule has 29 heavy (non-hydrogen) atoms. The average molecular weight is 468 g/mol. The largest absolute Gasteiger partial charge is 0.416 e. The first-order valence-corrected chi connectivity index (χ1v) is 9.88. The molecule has 2 saturated heterocycles. The van der Waals surface area contributed by atoms with E-state index in [-0.39, 0.29) is 30.7 Å². The van der Waals surface area contributed by atoms with Crippen LogP contribution < -0.4 is 5.32 Å². The summed E-state index contributed by atoms with van der Waals surface area (Å²) in [5, 5.41) is 5.47. The fourth-order valence-corrected chi connectivity index (χ4v) is 4.69. The Balaban J connectivity index is 0.00000150. The molecular formula is C19H22Cl2F3N3OS. The van der Waals surface area contributed by atoms with E-state index in [0.717, 1.165) is 44.5 Å². The molecule has 1 amide bonds. The van der Waals surface area contributed by atoms with Gasteiger partial charge in [-0.2, -0.15) is 13.2 Å². The zero-order chi connectivity index (χ0) is 19.1. The number of carbonyl (C=O) groups excluding carboxylic acids is 1. The van der Waals surface area contributed by atoms with Crippen molar-refractivity contribution in [2.75, 3.05) is 26.2 Å². The van der Waals surface area contributed by atoms with Crippen molar-refractivity contribution in [2.24, 2.45) is 5.41 Å². The smallest absolute Gasteiger partial charge is 0.337 e. The van der Waals surface area contributed by atoms with E-state index in [9.17, 15) is 18.0 Å². The summed E-state index contributed by atoms with van der Waals surface area (Å²) in [5.74, 6) is -0.134. The van der Waals surface area contributed by atoms with Gasteiger partial charge in [-0.05, 0) is 43.4 Å². The van der Waals surface area contributed by atoms with Crippen molar-refractivity contribution in [1.29, 1.82) is 0 Å². The van der Waals surface area contributed by atoms with Gasteiger partial charge in [0.15, 0.2) is 0 Å². The molecule has 10 heteroatoms. The van der Waals surface area contributed by atoms with Crippen LogP contribution in [0.25, 0.3) is 10.6 Å². The summed E-state index contributed by atoms with van der Waals surface area (Å²) in [6, 6.07) is 5.05. The van der Waals surface area contributed by atoms with Crippen LogP contribution in [0.3, 0.4) is 0 Å². The number of amides is 1. The Morgan fingerprint density at radius 2 is 1.90 bits per heavy atom. The van der Waals surface area contributed by atoms with Gasteiger partial charge in [0.1, 0.15) is 10.7 Å². The predicted molar refractivity (Wildman–Crippen MR) is 112 cm³/mol. The third kappa shape index (κ3) is 5.05. The lowest BCUT2D eigenvalue weighted by atomic mass is 9.78. The van der Waals surface area contributed by atoms with Crippen molar-refractivity contribution >= 4 is 42.1 Å². The standard InChI is InChI=1S/C19H20F3N3OS.2ClH/c20-19(21,22)14-3-1-2-13(10-14)16-24-15(11-27-16)17(26)25-8-5-18(6-9-25)4-7-23-12-18;;/h1-3,10-11,23H,4-9,12H2;2*1H. The van der Waals surface area contributed by atoms with Gasteiger partial charge in [-0.25, -0.2) is 4.98 Å². The van der Waals surface area contributed by atoms with Crippen LogP contribution in [-0.4, -0.2) is 42.0 Å².